The summed E-state index contributed by atoms with van der Waals surface area (Å²) in [5.41, 5.74) is 3.52. The lowest BCUT2D eigenvalue weighted by Crippen LogP contribution is -1.97. The molecule has 0 saturated heterocycles. The lowest BCUT2D eigenvalue weighted by atomic mass is 10.2. The fourth-order valence-electron chi connectivity index (χ4n) is 2.09. The third kappa shape index (κ3) is 2.86. The highest BCUT2D eigenvalue weighted by Crippen LogP contribution is 2.17. The van der Waals surface area contributed by atoms with Gasteiger partial charge in [-0.3, -0.25) is 0 Å². The van der Waals surface area contributed by atoms with Gasteiger partial charge >= 0.3 is 0 Å². The molecule has 1 heterocycles. The van der Waals surface area contributed by atoms with Crippen molar-refractivity contribution in [2.45, 2.75) is 0 Å². The number of aromatic nitrogens is 1. The summed E-state index contributed by atoms with van der Waals surface area (Å²) in [7, 11) is 0. The van der Waals surface area contributed by atoms with Gasteiger partial charge in [-0.15, -0.1) is 0 Å². The second-order valence-corrected chi connectivity index (χ2v) is 4.47. The SMILES string of the molecule is C(=Cc1ccccc1)CNc1ccc2cc[nH]c2c1. The van der Waals surface area contributed by atoms with E-state index in [-0.39, 0.29) is 0 Å². The highest BCUT2D eigenvalue weighted by molar-refractivity contribution is 5.82. The molecule has 0 atom stereocenters. The van der Waals surface area contributed by atoms with E-state index >= 15 is 0 Å². The molecule has 94 valence electrons. The van der Waals surface area contributed by atoms with E-state index in [9.17, 15) is 0 Å². The Hall–Kier alpha value is -2.48. The first-order valence-electron chi connectivity index (χ1n) is 6.44. The molecule has 3 rings (SSSR count). The zero-order valence-corrected chi connectivity index (χ0v) is 10.6. The van der Waals surface area contributed by atoms with E-state index in [0.717, 1.165) is 17.7 Å². The number of hydrogen-bond acceptors (Lipinski definition) is 1. The van der Waals surface area contributed by atoms with E-state index < -0.39 is 0 Å². The van der Waals surface area contributed by atoms with Gasteiger partial charge in [0.2, 0.25) is 0 Å². The zero-order valence-electron chi connectivity index (χ0n) is 10.6. The van der Waals surface area contributed by atoms with E-state index in [1.165, 1.54) is 10.9 Å². The number of aromatic amines is 1. The minimum Gasteiger partial charge on any atom is -0.382 e. The molecule has 0 saturated carbocycles. The number of anilines is 1. The van der Waals surface area contributed by atoms with Crippen LogP contribution in [0, 0.1) is 0 Å². The van der Waals surface area contributed by atoms with E-state index in [4.69, 9.17) is 0 Å². The number of benzene rings is 2. The molecule has 0 aliphatic carbocycles. The second-order valence-electron chi connectivity index (χ2n) is 4.47. The maximum Gasteiger partial charge on any atom is 0.0474 e. The van der Waals surface area contributed by atoms with E-state index in [0.29, 0.717) is 0 Å². The summed E-state index contributed by atoms with van der Waals surface area (Å²) in [6.07, 6.45) is 6.22. The quantitative estimate of drug-likeness (QED) is 0.708. The third-order valence-corrected chi connectivity index (χ3v) is 3.09. The van der Waals surface area contributed by atoms with Crippen LogP contribution in [0.5, 0.6) is 0 Å². The summed E-state index contributed by atoms with van der Waals surface area (Å²) in [4.78, 5) is 3.22. The van der Waals surface area contributed by atoms with Crippen molar-refractivity contribution in [3.05, 3.63) is 72.4 Å². The lowest BCUT2D eigenvalue weighted by Gasteiger charge is -2.03. The summed E-state index contributed by atoms with van der Waals surface area (Å²) in [5.74, 6) is 0. The van der Waals surface area contributed by atoms with E-state index in [1.807, 2.05) is 24.4 Å². The van der Waals surface area contributed by atoms with Crippen molar-refractivity contribution in [2.24, 2.45) is 0 Å². The van der Waals surface area contributed by atoms with Crippen LogP contribution < -0.4 is 5.32 Å². The van der Waals surface area contributed by atoms with Gasteiger partial charge in [0.25, 0.3) is 0 Å². The first-order chi connectivity index (χ1) is 9.42. The Kier molecular flexibility index (Phi) is 3.32. The Morgan fingerprint density at radius 3 is 2.79 bits per heavy atom. The molecule has 0 aliphatic heterocycles. The molecule has 19 heavy (non-hydrogen) atoms. The smallest absolute Gasteiger partial charge is 0.0474 e. The van der Waals surface area contributed by atoms with Gasteiger partial charge in [0.1, 0.15) is 0 Å². The fraction of sp³-hybridized carbons (Fsp3) is 0.0588. The topological polar surface area (TPSA) is 27.8 Å². The van der Waals surface area contributed by atoms with Crippen LogP contribution in [-0.4, -0.2) is 11.5 Å². The number of nitrogens with one attached hydrogen (secondary N) is 2. The Bertz CT molecular complexity index is 681. The van der Waals surface area contributed by atoms with Crippen molar-refractivity contribution in [3.8, 4) is 0 Å². The molecule has 2 N–H and O–H groups in total. The molecule has 2 heteroatoms. The van der Waals surface area contributed by atoms with Crippen LogP contribution in [0.1, 0.15) is 5.56 Å². The predicted molar refractivity (Wildman–Crippen MR) is 82.3 cm³/mol. The summed E-state index contributed by atoms with van der Waals surface area (Å²) in [6.45, 7) is 0.821. The first kappa shape index (κ1) is 11.6. The second kappa shape index (κ2) is 5.44. The molecular weight excluding hydrogens is 232 g/mol. The standard InChI is InChI=1S/C17H16N2/c1-2-5-14(6-3-1)7-4-11-18-16-9-8-15-10-12-19-17(15)13-16/h1-10,12-13,18-19H,11H2. The van der Waals surface area contributed by atoms with Gasteiger partial charge in [-0.2, -0.15) is 0 Å². The Morgan fingerprint density at radius 2 is 1.89 bits per heavy atom. The van der Waals surface area contributed by atoms with E-state index in [1.54, 1.807) is 0 Å². The van der Waals surface area contributed by atoms with Crippen molar-refractivity contribution in [1.29, 1.82) is 0 Å². The normalized spacial score (nSPS) is 11.2. The molecule has 0 radical (unpaired) electrons. The summed E-state index contributed by atoms with van der Waals surface area (Å²) < 4.78 is 0. The zero-order chi connectivity index (χ0) is 12.9. The minimum atomic E-state index is 0.821. The highest BCUT2D eigenvalue weighted by Gasteiger charge is 1.95. The van der Waals surface area contributed by atoms with Gasteiger partial charge in [-0.25, -0.2) is 0 Å². The maximum absolute atomic E-state index is 3.39. The Balaban J connectivity index is 1.61. The van der Waals surface area contributed by atoms with Crippen LogP contribution in [0.2, 0.25) is 0 Å². The average molecular weight is 248 g/mol. The van der Waals surface area contributed by atoms with Gasteiger partial charge in [0, 0.05) is 23.9 Å². The van der Waals surface area contributed by atoms with Crippen LogP contribution >= 0.6 is 0 Å². The van der Waals surface area contributed by atoms with Crippen LogP contribution in [0.3, 0.4) is 0 Å². The van der Waals surface area contributed by atoms with Gasteiger partial charge in [-0.1, -0.05) is 48.6 Å². The monoisotopic (exact) mass is 248 g/mol. The summed E-state index contributed by atoms with van der Waals surface area (Å²) >= 11 is 0. The molecule has 2 aromatic carbocycles. The number of rotatable bonds is 4. The van der Waals surface area contributed by atoms with Crippen molar-refractivity contribution in [3.63, 3.8) is 0 Å². The Morgan fingerprint density at radius 1 is 1.00 bits per heavy atom. The Labute approximate surface area is 112 Å². The molecule has 3 aromatic rings. The van der Waals surface area contributed by atoms with Crippen molar-refractivity contribution < 1.29 is 0 Å². The lowest BCUT2D eigenvalue weighted by molar-refractivity contribution is 1.34. The van der Waals surface area contributed by atoms with Crippen molar-refractivity contribution >= 4 is 22.7 Å². The van der Waals surface area contributed by atoms with Crippen LogP contribution in [0.15, 0.2) is 66.9 Å². The van der Waals surface area contributed by atoms with Gasteiger partial charge in [0.15, 0.2) is 0 Å². The molecule has 0 amide bonds. The molecule has 0 fully saturated rings. The summed E-state index contributed by atoms with van der Waals surface area (Å²) in [5, 5.41) is 4.63. The van der Waals surface area contributed by atoms with Crippen molar-refractivity contribution in [2.75, 3.05) is 11.9 Å². The molecule has 0 spiro atoms. The van der Waals surface area contributed by atoms with Gasteiger partial charge < -0.3 is 10.3 Å². The number of fused-ring (bicyclic) bond motifs is 1. The van der Waals surface area contributed by atoms with E-state index in [2.05, 4.69) is 58.9 Å². The molecular formula is C17H16N2. The number of hydrogen-bond donors (Lipinski definition) is 2. The molecule has 0 aliphatic rings. The predicted octanol–water partition coefficient (Wildman–Crippen LogP) is 4.29. The largest absolute Gasteiger partial charge is 0.382 e. The minimum absolute atomic E-state index is 0.821. The fourth-order valence-corrected chi connectivity index (χ4v) is 2.09. The van der Waals surface area contributed by atoms with Crippen LogP contribution in [0.25, 0.3) is 17.0 Å². The van der Waals surface area contributed by atoms with Gasteiger partial charge in [-0.05, 0) is 29.1 Å². The highest BCUT2D eigenvalue weighted by atomic mass is 14.9. The average Bonchev–Trinajstić information content (AvgIpc) is 2.92. The molecule has 0 bridgehead atoms. The van der Waals surface area contributed by atoms with Crippen molar-refractivity contribution in [1.82, 2.24) is 4.98 Å². The van der Waals surface area contributed by atoms with Crippen LogP contribution in [-0.2, 0) is 0 Å². The summed E-state index contributed by atoms with van der Waals surface area (Å²) in [6, 6.07) is 18.8. The molecule has 2 nitrogen and oxygen atoms in total. The van der Waals surface area contributed by atoms with Crippen LogP contribution in [0.4, 0.5) is 5.69 Å². The maximum atomic E-state index is 3.39. The third-order valence-electron chi connectivity index (χ3n) is 3.09. The molecule has 0 unspecified atom stereocenters. The van der Waals surface area contributed by atoms with Gasteiger partial charge in [0.05, 0.1) is 0 Å². The first-order valence-corrected chi connectivity index (χ1v) is 6.44. The number of H-pyrrole nitrogens is 1. The molecule has 1 aromatic heterocycles.